The first-order valence-corrected chi connectivity index (χ1v) is 25.1. The average molecular weight is 843 g/mol. The van der Waals surface area contributed by atoms with Crippen LogP contribution in [-0.2, 0) is 28.5 Å². The lowest BCUT2D eigenvalue weighted by molar-refractivity contribution is -0.305. The molecule has 0 saturated carbocycles. The lowest BCUT2D eigenvalue weighted by atomic mass is 9.99. The molecule has 1 rings (SSSR count). The van der Waals surface area contributed by atoms with Crippen molar-refractivity contribution in [3.8, 4) is 0 Å². The normalized spacial score (nSPS) is 19.9. The Morgan fingerprint density at radius 3 is 1.15 bits per heavy atom. The number of hydrogen-bond acceptors (Lipinski definition) is 10. The van der Waals surface area contributed by atoms with Gasteiger partial charge in [0.1, 0.15) is 31.0 Å². The number of rotatable bonds is 43. The molecule has 0 spiro atoms. The number of esters is 2. The molecule has 0 bridgehead atoms. The van der Waals surface area contributed by atoms with Crippen LogP contribution in [0.15, 0.2) is 0 Å². The zero-order valence-electron chi connectivity index (χ0n) is 38.3. The Hall–Kier alpha value is -1.30. The minimum Gasteiger partial charge on any atom is -0.462 e. The minimum atomic E-state index is -1.59. The molecule has 10 nitrogen and oxygen atoms in total. The third kappa shape index (κ3) is 32.1. The molecule has 6 atom stereocenters. The predicted octanol–water partition coefficient (Wildman–Crippen LogP) is 11.3. The maximum Gasteiger partial charge on any atom is 0.306 e. The molecule has 0 amide bonds. The molecule has 0 aromatic rings. The molecule has 10 heteroatoms. The highest BCUT2D eigenvalue weighted by molar-refractivity contribution is 5.70. The van der Waals surface area contributed by atoms with Crippen molar-refractivity contribution in [1.82, 2.24) is 0 Å². The van der Waals surface area contributed by atoms with Gasteiger partial charge in [-0.3, -0.25) is 9.59 Å². The van der Waals surface area contributed by atoms with Crippen molar-refractivity contribution in [3.05, 3.63) is 0 Å². The number of unbranched alkanes of at least 4 members (excludes halogenated alkanes) is 32. The number of hydrogen-bond donors (Lipinski definition) is 4. The standard InChI is InChI=1S/C49H94O10/c1-3-5-7-9-11-13-15-17-19-20-21-22-24-25-27-29-31-33-35-37-44(51)56-40-42(41-57-49-48(55)47(54)46(53)43(39-50)59-49)58-45(52)38-36-34-32-30-28-26-23-18-16-14-12-10-8-6-4-2/h42-43,46-50,53-55H,3-41H2,1-2H3/t42-,43-,46+,47?,48?,49-/m0/s1. The molecule has 350 valence electrons. The van der Waals surface area contributed by atoms with E-state index in [1.54, 1.807) is 0 Å². The topological polar surface area (TPSA) is 152 Å². The Morgan fingerprint density at radius 2 is 0.797 bits per heavy atom. The molecule has 1 aliphatic rings. The van der Waals surface area contributed by atoms with Gasteiger partial charge in [0, 0.05) is 12.8 Å². The van der Waals surface area contributed by atoms with E-state index in [4.69, 9.17) is 18.9 Å². The van der Waals surface area contributed by atoms with Gasteiger partial charge in [-0.15, -0.1) is 0 Å². The van der Waals surface area contributed by atoms with Crippen molar-refractivity contribution >= 4 is 11.9 Å². The summed E-state index contributed by atoms with van der Waals surface area (Å²) in [6.07, 6.45) is 35.4. The van der Waals surface area contributed by atoms with Crippen LogP contribution in [0.1, 0.15) is 245 Å². The number of aliphatic hydroxyl groups excluding tert-OH is 4. The second kappa shape index (κ2) is 40.8. The van der Waals surface area contributed by atoms with Crippen molar-refractivity contribution in [2.24, 2.45) is 0 Å². The fourth-order valence-electron chi connectivity index (χ4n) is 8.01. The minimum absolute atomic E-state index is 0.208. The Balaban J connectivity index is 2.25. The third-order valence-electron chi connectivity index (χ3n) is 12.0. The van der Waals surface area contributed by atoms with Gasteiger partial charge in [-0.05, 0) is 12.8 Å². The van der Waals surface area contributed by atoms with Crippen molar-refractivity contribution in [2.75, 3.05) is 19.8 Å². The van der Waals surface area contributed by atoms with Crippen molar-refractivity contribution in [3.63, 3.8) is 0 Å². The van der Waals surface area contributed by atoms with E-state index >= 15 is 0 Å². The van der Waals surface area contributed by atoms with Gasteiger partial charge in [-0.2, -0.15) is 0 Å². The monoisotopic (exact) mass is 843 g/mol. The molecule has 1 aliphatic heterocycles. The third-order valence-corrected chi connectivity index (χ3v) is 12.0. The predicted molar refractivity (Wildman–Crippen MR) is 238 cm³/mol. The summed E-state index contributed by atoms with van der Waals surface area (Å²) in [6, 6.07) is 0. The van der Waals surface area contributed by atoms with E-state index in [0.29, 0.717) is 6.42 Å². The van der Waals surface area contributed by atoms with Gasteiger partial charge in [0.05, 0.1) is 13.2 Å². The molecule has 1 heterocycles. The van der Waals surface area contributed by atoms with Gasteiger partial charge in [0.15, 0.2) is 12.4 Å². The first kappa shape index (κ1) is 55.7. The quantitative estimate of drug-likeness (QED) is 0.0345. The smallest absolute Gasteiger partial charge is 0.306 e. The molecular formula is C49H94O10. The number of carbonyl (C=O) groups is 2. The summed E-state index contributed by atoms with van der Waals surface area (Å²) in [5.74, 6) is -0.787. The van der Waals surface area contributed by atoms with E-state index in [9.17, 15) is 30.0 Å². The summed E-state index contributed by atoms with van der Waals surface area (Å²) < 4.78 is 22.2. The second-order valence-electron chi connectivity index (χ2n) is 17.6. The first-order chi connectivity index (χ1) is 28.8. The van der Waals surface area contributed by atoms with Crippen LogP contribution >= 0.6 is 0 Å². The van der Waals surface area contributed by atoms with Gasteiger partial charge < -0.3 is 39.4 Å². The number of aliphatic hydroxyl groups is 4. The van der Waals surface area contributed by atoms with Crippen LogP contribution in [0.2, 0.25) is 0 Å². The Bertz CT molecular complexity index is 932. The fourth-order valence-corrected chi connectivity index (χ4v) is 8.01. The fraction of sp³-hybridized carbons (Fsp3) is 0.959. The van der Waals surface area contributed by atoms with Crippen LogP contribution < -0.4 is 0 Å². The second-order valence-corrected chi connectivity index (χ2v) is 17.6. The molecule has 0 aromatic carbocycles. The Kier molecular flexibility index (Phi) is 38.5. The molecule has 0 aromatic heterocycles. The van der Waals surface area contributed by atoms with Crippen molar-refractivity contribution < 1.29 is 49.0 Å². The molecule has 1 fully saturated rings. The molecule has 2 unspecified atom stereocenters. The van der Waals surface area contributed by atoms with Crippen LogP contribution in [0.5, 0.6) is 0 Å². The summed E-state index contributed by atoms with van der Waals surface area (Å²) in [7, 11) is 0. The van der Waals surface area contributed by atoms with Gasteiger partial charge in [0.25, 0.3) is 0 Å². The number of ether oxygens (including phenoxy) is 4. The van der Waals surface area contributed by atoms with Gasteiger partial charge in [0.2, 0.25) is 0 Å². The first-order valence-electron chi connectivity index (χ1n) is 25.1. The van der Waals surface area contributed by atoms with Crippen molar-refractivity contribution in [1.29, 1.82) is 0 Å². The van der Waals surface area contributed by atoms with Crippen molar-refractivity contribution in [2.45, 2.75) is 282 Å². The molecule has 59 heavy (non-hydrogen) atoms. The van der Waals surface area contributed by atoms with E-state index in [-0.39, 0.29) is 32.0 Å². The maximum atomic E-state index is 12.8. The zero-order chi connectivity index (χ0) is 43.0. The van der Waals surface area contributed by atoms with Gasteiger partial charge in [-0.1, -0.05) is 219 Å². The summed E-state index contributed by atoms with van der Waals surface area (Å²) in [4.78, 5) is 25.4. The highest BCUT2D eigenvalue weighted by atomic mass is 16.7. The highest BCUT2D eigenvalue weighted by Crippen LogP contribution is 2.23. The summed E-state index contributed by atoms with van der Waals surface area (Å²) in [5, 5.41) is 40.1. The maximum absolute atomic E-state index is 12.8. The summed E-state index contributed by atoms with van der Waals surface area (Å²) in [5.41, 5.74) is 0. The van der Waals surface area contributed by atoms with Crippen LogP contribution in [-0.4, -0.2) is 89.0 Å². The lowest BCUT2D eigenvalue weighted by Crippen LogP contribution is -2.59. The van der Waals surface area contributed by atoms with E-state index in [1.165, 1.54) is 173 Å². The van der Waals surface area contributed by atoms with Gasteiger partial charge in [-0.25, -0.2) is 0 Å². The lowest BCUT2D eigenvalue weighted by Gasteiger charge is -2.39. The molecular weight excluding hydrogens is 749 g/mol. The van der Waals surface area contributed by atoms with Gasteiger partial charge >= 0.3 is 11.9 Å². The molecule has 1 saturated heterocycles. The molecule has 0 radical (unpaired) electrons. The summed E-state index contributed by atoms with van der Waals surface area (Å²) >= 11 is 0. The van der Waals surface area contributed by atoms with Crippen LogP contribution in [0.3, 0.4) is 0 Å². The zero-order valence-corrected chi connectivity index (χ0v) is 38.3. The Labute approximate surface area is 361 Å². The van der Waals surface area contributed by atoms with Crippen LogP contribution in [0.4, 0.5) is 0 Å². The molecule has 0 aliphatic carbocycles. The average Bonchev–Trinajstić information content (AvgIpc) is 3.23. The number of carbonyl (C=O) groups excluding carboxylic acids is 2. The van der Waals surface area contributed by atoms with Crippen LogP contribution in [0.25, 0.3) is 0 Å². The Morgan fingerprint density at radius 1 is 0.458 bits per heavy atom. The highest BCUT2D eigenvalue weighted by Gasteiger charge is 2.44. The van der Waals surface area contributed by atoms with Crippen LogP contribution in [0, 0.1) is 0 Å². The molecule has 4 N–H and O–H groups in total. The van der Waals surface area contributed by atoms with E-state index in [1.807, 2.05) is 0 Å². The SMILES string of the molecule is CCCCCCCCCCCCCCCCCCCCCC(=O)OC[C@@H](CO[C@H]1O[C@@H](CO)[C@@H](O)C(O)C1O)OC(=O)CCCCCCCCCCCCCCCCC. The summed E-state index contributed by atoms with van der Waals surface area (Å²) in [6.45, 7) is 3.47. The van der Waals surface area contributed by atoms with E-state index < -0.39 is 49.4 Å². The van der Waals surface area contributed by atoms with E-state index in [0.717, 1.165) is 38.5 Å². The van der Waals surface area contributed by atoms with E-state index in [2.05, 4.69) is 13.8 Å². The largest absolute Gasteiger partial charge is 0.462 e.